The molecule has 0 aliphatic heterocycles. The number of phenolic OH excluding ortho intramolecular Hbond substituents is 1. The SMILES string of the molecule is CN(C)CC1CCCC[C@@]1(O)c1cccc(OC(=O)c2ccc(Cl)cc2O)c1. The summed E-state index contributed by atoms with van der Waals surface area (Å²) in [5.74, 6) is -0.459. The molecule has 6 heteroatoms. The number of nitrogens with zero attached hydrogens (tertiary/aromatic N) is 1. The molecule has 5 nitrogen and oxygen atoms in total. The topological polar surface area (TPSA) is 70.0 Å². The van der Waals surface area contributed by atoms with Gasteiger partial charge in [-0.25, -0.2) is 4.79 Å². The van der Waals surface area contributed by atoms with Gasteiger partial charge in [-0.15, -0.1) is 0 Å². The van der Waals surface area contributed by atoms with Gasteiger partial charge in [-0.2, -0.15) is 0 Å². The number of ether oxygens (including phenoxy) is 1. The van der Waals surface area contributed by atoms with Crippen LogP contribution in [0.1, 0.15) is 41.6 Å². The van der Waals surface area contributed by atoms with E-state index in [4.69, 9.17) is 16.3 Å². The van der Waals surface area contributed by atoms with E-state index < -0.39 is 11.6 Å². The van der Waals surface area contributed by atoms with Gasteiger partial charge in [-0.3, -0.25) is 0 Å². The molecule has 0 bridgehead atoms. The van der Waals surface area contributed by atoms with Crippen LogP contribution in [0.5, 0.6) is 11.5 Å². The molecule has 0 amide bonds. The quantitative estimate of drug-likeness (QED) is 0.578. The van der Waals surface area contributed by atoms with Crippen molar-refractivity contribution < 1.29 is 19.7 Å². The largest absolute Gasteiger partial charge is 0.507 e. The minimum Gasteiger partial charge on any atom is -0.507 e. The van der Waals surface area contributed by atoms with Gasteiger partial charge in [0.05, 0.1) is 5.60 Å². The smallest absolute Gasteiger partial charge is 0.347 e. The summed E-state index contributed by atoms with van der Waals surface area (Å²) >= 11 is 5.81. The van der Waals surface area contributed by atoms with E-state index >= 15 is 0 Å². The predicted molar refractivity (Wildman–Crippen MR) is 109 cm³/mol. The maximum Gasteiger partial charge on any atom is 0.347 e. The molecule has 3 rings (SSSR count). The van der Waals surface area contributed by atoms with Crippen LogP contribution in [0.15, 0.2) is 42.5 Å². The maximum atomic E-state index is 12.4. The van der Waals surface area contributed by atoms with Gasteiger partial charge < -0.3 is 19.8 Å². The third-order valence-electron chi connectivity index (χ3n) is 5.35. The molecule has 0 spiro atoms. The molecule has 1 unspecified atom stereocenters. The Labute approximate surface area is 170 Å². The second-order valence-electron chi connectivity index (χ2n) is 7.71. The highest BCUT2D eigenvalue weighted by Gasteiger charge is 2.40. The second kappa shape index (κ2) is 8.52. The van der Waals surface area contributed by atoms with Gasteiger partial charge in [0.2, 0.25) is 0 Å². The Balaban J connectivity index is 1.84. The van der Waals surface area contributed by atoms with Crippen LogP contribution in [0.25, 0.3) is 0 Å². The molecule has 2 atom stereocenters. The fourth-order valence-electron chi connectivity index (χ4n) is 3.96. The Bertz CT molecular complexity index is 854. The van der Waals surface area contributed by atoms with E-state index in [1.807, 2.05) is 20.2 Å². The lowest BCUT2D eigenvalue weighted by atomic mass is 9.71. The Morgan fingerprint density at radius 2 is 2.04 bits per heavy atom. The van der Waals surface area contributed by atoms with E-state index in [-0.39, 0.29) is 17.2 Å². The number of hydrogen-bond acceptors (Lipinski definition) is 5. The van der Waals surface area contributed by atoms with Gasteiger partial charge in [-0.1, -0.05) is 36.6 Å². The van der Waals surface area contributed by atoms with E-state index in [9.17, 15) is 15.0 Å². The third-order valence-corrected chi connectivity index (χ3v) is 5.58. The number of aromatic hydroxyl groups is 1. The van der Waals surface area contributed by atoms with Crippen molar-refractivity contribution in [1.82, 2.24) is 4.90 Å². The molecule has 2 aromatic rings. The molecular formula is C22H26ClNO4. The normalized spacial score (nSPS) is 22.2. The van der Waals surface area contributed by atoms with Gasteiger partial charge in [-0.05, 0) is 62.8 Å². The Morgan fingerprint density at radius 3 is 2.75 bits per heavy atom. The summed E-state index contributed by atoms with van der Waals surface area (Å²) in [6, 6.07) is 11.3. The number of halogens is 1. The van der Waals surface area contributed by atoms with Gasteiger partial charge >= 0.3 is 5.97 Å². The molecule has 2 aromatic carbocycles. The van der Waals surface area contributed by atoms with Crippen LogP contribution in [-0.2, 0) is 5.60 Å². The first-order valence-corrected chi connectivity index (χ1v) is 9.86. The van der Waals surface area contributed by atoms with Crippen molar-refractivity contribution >= 4 is 17.6 Å². The molecule has 0 radical (unpaired) electrons. The summed E-state index contributed by atoms with van der Waals surface area (Å²) < 4.78 is 5.45. The maximum absolute atomic E-state index is 12.4. The van der Waals surface area contributed by atoms with Crippen molar-refractivity contribution in [3.05, 3.63) is 58.6 Å². The molecule has 0 saturated heterocycles. The average Bonchev–Trinajstić information content (AvgIpc) is 2.63. The van der Waals surface area contributed by atoms with Crippen molar-refractivity contribution in [2.45, 2.75) is 31.3 Å². The molecule has 28 heavy (non-hydrogen) atoms. The zero-order valence-electron chi connectivity index (χ0n) is 16.2. The molecular weight excluding hydrogens is 378 g/mol. The first kappa shape index (κ1) is 20.6. The summed E-state index contributed by atoms with van der Waals surface area (Å²) in [6.07, 6.45) is 3.70. The Hall–Kier alpha value is -2.08. The standard InChI is InChI=1S/C22H26ClNO4/c1-24(2)14-16-6-3-4-11-22(16,27)15-7-5-8-18(12-15)28-21(26)19-10-9-17(23)13-20(19)25/h5,7-10,12-13,16,25,27H,3-4,6,11,14H2,1-2H3/t16?,22-/m1/s1. The second-order valence-corrected chi connectivity index (χ2v) is 8.14. The molecule has 0 heterocycles. The van der Waals surface area contributed by atoms with Crippen molar-refractivity contribution in [2.24, 2.45) is 5.92 Å². The van der Waals surface area contributed by atoms with Crippen LogP contribution in [0.3, 0.4) is 0 Å². The van der Waals surface area contributed by atoms with Crippen molar-refractivity contribution in [2.75, 3.05) is 20.6 Å². The van der Waals surface area contributed by atoms with Crippen molar-refractivity contribution in [1.29, 1.82) is 0 Å². The molecule has 1 aliphatic rings. The average molecular weight is 404 g/mol. The number of carbonyl (C=O) groups is 1. The first-order valence-electron chi connectivity index (χ1n) is 9.48. The highest BCUT2D eigenvalue weighted by molar-refractivity contribution is 6.30. The van der Waals surface area contributed by atoms with Crippen LogP contribution < -0.4 is 4.74 Å². The fourth-order valence-corrected chi connectivity index (χ4v) is 4.13. The summed E-state index contributed by atoms with van der Waals surface area (Å²) in [5, 5.41) is 21.7. The molecule has 2 N–H and O–H groups in total. The van der Waals surface area contributed by atoms with Crippen LogP contribution in [0.2, 0.25) is 5.02 Å². The number of esters is 1. The fraction of sp³-hybridized carbons (Fsp3) is 0.409. The highest BCUT2D eigenvalue weighted by Crippen LogP contribution is 2.42. The van der Waals surface area contributed by atoms with E-state index in [1.54, 1.807) is 18.2 Å². The monoisotopic (exact) mass is 403 g/mol. The van der Waals surface area contributed by atoms with E-state index in [1.165, 1.54) is 18.2 Å². The minimum atomic E-state index is -0.951. The number of benzene rings is 2. The number of hydrogen-bond donors (Lipinski definition) is 2. The summed E-state index contributed by atoms with van der Waals surface area (Å²) in [4.78, 5) is 14.5. The minimum absolute atomic E-state index is 0.0386. The zero-order chi connectivity index (χ0) is 20.3. The lowest BCUT2D eigenvalue weighted by molar-refractivity contribution is -0.0619. The van der Waals surface area contributed by atoms with Crippen LogP contribution >= 0.6 is 11.6 Å². The molecule has 1 aliphatic carbocycles. The lowest BCUT2D eigenvalue weighted by Gasteiger charge is -2.41. The molecule has 0 aromatic heterocycles. The van der Waals surface area contributed by atoms with Crippen molar-refractivity contribution in [3.8, 4) is 11.5 Å². The number of aliphatic hydroxyl groups is 1. The highest BCUT2D eigenvalue weighted by atomic mass is 35.5. The number of rotatable bonds is 5. The van der Waals surface area contributed by atoms with Gasteiger partial charge in [0, 0.05) is 17.5 Å². The first-order chi connectivity index (χ1) is 13.3. The molecule has 1 saturated carbocycles. The van der Waals surface area contributed by atoms with Crippen LogP contribution in [0, 0.1) is 5.92 Å². The van der Waals surface area contributed by atoms with Gasteiger partial charge in [0.25, 0.3) is 0 Å². The lowest BCUT2D eigenvalue weighted by Crippen LogP contribution is -2.43. The third kappa shape index (κ3) is 4.49. The zero-order valence-corrected chi connectivity index (χ0v) is 16.9. The Morgan fingerprint density at radius 1 is 1.25 bits per heavy atom. The van der Waals surface area contributed by atoms with Crippen LogP contribution in [0.4, 0.5) is 0 Å². The summed E-state index contributed by atoms with van der Waals surface area (Å²) in [7, 11) is 4.01. The predicted octanol–water partition coefficient (Wildman–Crippen LogP) is 4.20. The molecule has 1 fully saturated rings. The van der Waals surface area contributed by atoms with E-state index in [0.29, 0.717) is 17.2 Å². The van der Waals surface area contributed by atoms with Crippen molar-refractivity contribution in [3.63, 3.8) is 0 Å². The number of carbonyl (C=O) groups excluding carboxylic acids is 1. The number of phenols is 1. The van der Waals surface area contributed by atoms with Gasteiger partial charge in [0.15, 0.2) is 0 Å². The van der Waals surface area contributed by atoms with Crippen LogP contribution in [-0.4, -0.2) is 41.7 Å². The summed E-state index contributed by atoms with van der Waals surface area (Å²) in [6.45, 7) is 0.791. The molecule has 150 valence electrons. The Kier molecular flexibility index (Phi) is 6.28. The van der Waals surface area contributed by atoms with Gasteiger partial charge in [0.1, 0.15) is 17.1 Å². The summed E-state index contributed by atoms with van der Waals surface area (Å²) in [5.41, 5.74) is -0.158. The van der Waals surface area contributed by atoms with E-state index in [0.717, 1.165) is 31.4 Å². The van der Waals surface area contributed by atoms with E-state index in [2.05, 4.69) is 4.90 Å².